The van der Waals surface area contributed by atoms with Gasteiger partial charge in [-0.15, -0.1) is 0 Å². The highest BCUT2D eigenvalue weighted by Crippen LogP contribution is 2.46. The van der Waals surface area contributed by atoms with Crippen molar-refractivity contribution in [2.45, 2.75) is 32.1 Å². The molecule has 1 aliphatic heterocycles. The van der Waals surface area contributed by atoms with Crippen LogP contribution in [0.1, 0.15) is 36.3 Å². The number of nitrogens with zero attached hydrogens (tertiary/aromatic N) is 2. The van der Waals surface area contributed by atoms with Crippen LogP contribution in [0.4, 0.5) is 10.1 Å². The van der Waals surface area contributed by atoms with Crippen LogP contribution in [0.2, 0.25) is 0 Å². The van der Waals surface area contributed by atoms with Crippen LogP contribution in [0.3, 0.4) is 0 Å². The minimum atomic E-state index is -0.561. The van der Waals surface area contributed by atoms with Gasteiger partial charge in [0, 0.05) is 17.7 Å². The van der Waals surface area contributed by atoms with Gasteiger partial charge >= 0.3 is 0 Å². The monoisotopic (exact) mass is 373 g/mol. The molecule has 4 rings (SSSR count). The molecule has 140 valence electrons. The van der Waals surface area contributed by atoms with E-state index in [1.165, 1.54) is 12.1 Å². The molecule has 4 nitrogen and oxygen atoms in total. The number of nitrogens with two attached hydrogens (primary N) is 1. The highest BCUT2D eigenvalue weighted by Gasteiger charge is 2.40. The lowest BCUT2D eigenvalue weighted by Gasteiger charge is -2.40. The fourth-order valence-electron chi connectivity index (χ4n) is 4.16. The van der Waals surface area contributed by atoms with Gasteiger partial charge in [0.2, 0.25) is 0 Å². The summed E-state index contributed by atoms with van der Waals surface area (Å²) in [5.41, 5.74) is 10.9. The van der Waals surface area contributed by atoms with E-state index in [4.69, 9.17) is 5.73 Å². The van der Waals surface area contributed by atoms with Gasteiger partial charge in [0.25, 0.3) is 0 Å². The lowest BCUT2D eigenvalue weighted by atomic mass is 9.75. The zero-order chi connectivity index (χ0) is 19.8. The molecule has 5 heteroatoms. The molecular weight excluding hydrogens is 353 g/mol. The predicted octanol–water partition coefficient (Wildman–Crippen LogP) is 4.44. The maximum absolute atomic E-state index is 13.5. The number of nitriles is 1. The zero-order valence-corrected chi connectivity index (χ0v) is 15.6. The van der Waals surface area contributed by atoms with Gasteiger partial charge < -0.3 is 5.73 Å². The molecule has 0 bridgehead atoms. The van der Waals surface area contributed by atoms with E-state index < -0.39 is 5.92 Å². The molecule has 0 amide bonds. The Morgan fingerprint density at radius 2 is 1.86 bits per heavy atom. The summed E-state index contributed by atoms with van der Waals surface area (Å²) < 4.78 is 13.5. The number of ketones is 1. The van der Waals surface area contributed by atoms with Gasteiger partial charge in [0.15, 0.2) is 5.78 Å². The number of carbonyl (C=O) groups excluding carboxylic acids is 1. The third kappa shape index (κ3) is 2.78. The molecule has 2 N–H and O–H groups in total. The Labute approximate surface area is 163 Å². The van der Waals surface area contributed by atoms with Crippen molar-refractivity contribution in [1.82, 2.24) is 0 Å². The number of hydrogen-bond donors (Lipinski definition) is 1. The average Bonchev–Trinajstić information content (AvgIpc) is 2.69. The smallest absolute Gasteiger partial charge is 0.161 e. The Morgan fingerprint density at radius 1 is 1.14 bits per heavy atom. The molecule has 2 aromatic rings. The molecule has 2 aliphatic rings. The third-order valence-electron chi connectivity index (χ3n) is 5.47. The third-order valence-corrected chi connectivity index (χ3v) is 5.47. The molecule has 0 unspecified atom stereocenters. The van der Waals surface area contributed by atoms with Gasteiger partial charge in [-0.1, -0.05) is 30.3 Å². The average molecular weight is 373 g/mol. The number of anilines is 1. The van der Waals surface area contributed by atoms with Gasteiger partial charge in [-0.25, -0.2) is 4.39 Å². The normalized spacial score (nSPS) is 19.5. The molecular formula is C23H20FN3O. The van der Waals surface area contributed by atoms with E-state index in [-0.39, 0.29) is 11.6 Å². The second-order valence-electron chi connectivity index (χ2n) is 7.15. The van der Waals surface area contributed by atoms with Crippen molar-refractivity contribution >= 4 is 11.5 Å². The predicted molar refractivity (Wildman–Crippen MR) is 106 cm³/mol. The Kier molecular flexibility index (Phi) is 4.48. The summed E-state index contributed by atoms with van der Waals surface area (Å²) in [5.74, 6) is -0.566. The molecule has 0 fully saturated rings. The Morgan fingerprint density at radius 3 is 2.54 bits per heavy atom. The van der Waals surface area contributed by atoms with Crippen molar-refractivity contribution in [3.8, 4) is 6.07 Å². The van der Waals surface area contributed by atoms with E-state index >= 15 is 0 Å². The first-order valence-electron chi connectivity index (χ1n) is 9.30. The number of allylic oxidation sites excluding steroid dienone is 3. The fourth-order valence-corrected chi connectivity index (χ4v) is 4.16. The van der Waals surface area contributed by atoms with Crippen molar-refractivity contribution in [3.05, 3.63) is 88.1 Å². The molecule has 1 atom stereocenters. The van der Waals surface area contributed by atoms with E-state index in [9.17, 15) is 14.4 Å². The van der Waals surface area contributed by atoms with E-state index in [1.807, 2.05) is 36.1 Å². The summed E-state index contributed by atoms with van der Waals surface area (Å²) in [5, 5.41) is 9.94. The van der Waals surface area contributed by atoms with E-state index in [2.05, 4.69) is 6.07 Å². The summed E-state index contributed by atoms with van der Waals surface area (Å²) in [6.45, 7) is 1.98. The topological polar surface area (TPSA) is 70.1 Å². The Bertz CT molecular complexity index is 1060. The largest absolute Gasteiger partial charge is 0.384 e. The maximum atomic E-state index is 13.5. The van der Waals surface area contributed by atoms with Crippen molar-refractivity contribution in [3.63, 3.8) is 0 Å². The van der Waals surface area contributed by atoms with Crippen LogP contribution >= 0.6 is 0 Å². The minimum Gasteiger partial charge on any atom is -0.384 e. The number of Topliss-reactive ketones (excluding diaryl/α,β-unsaturated/α-hetero) is 1. The summed E-state index contributed by atoms with van der Waals surface area (Å²) in [6.07, 6.45) is 1.88. The summed E-state index contributed by atoms with van der Waals surface area (Å²) in [6, 6.07) is 15.9. The zero-order valence-electron chi connectivity index (χ0n) is 15.6. The van der Waals surface area contributed by atoms with Crippen molar-refractivity contribution < 1.29 is 9.18 Å². The van der Waals surface area contributed by atoms with Crippen LogP contribution in [0.15, 0.2) is 71.2 Å². The molecule has 1 heterocycles. The highest BCUT2D eigenvalue weighted by atomic mass is 19.1. The maximum Gasteiger partial charge on any atom is 0.161 e. The first kappa shape index (κ1) is 18.0. The van der Waals surface area contributed by atoms with E-state index in [0.29, 0.717) is 35.4 Å². The number of hydrogen-bond acceptors (Lipinski definition) is 4. The van der Waals surface area contributed by atoms with E-state index in [1.54, 1.807) is 12.1 Å². The van der Waals surface area contributed by atoms with Gasteiger partial charge in [-0.2, -0.15) is 5.26 Å². The second kappa shape index (κ2) is 6.97. The lowest BCUT2D eigenvalue weighted by molar-refractivity contribution is -0.116. The highest BCUT2D eigenvalue weighted by molar-refractivity contribution is 6.01. The molecule has 0 saturated carbocycles. The number of rotatable bonds is 2. The lowest BCUT2D eigenvalue weighted by Crippen LogP contribution is -2.39. The fraction of sp³-hybridized carbons (Fsp3) is 0.217. The number of para-hydroxylation sites is 1. The molecule has 1 aliphatic carbocycles. The number of benzene rings is 2. The van der Waals surface area contributed by atoms with Crippen molar-refractivity contribution in [2.75, 3.05) is 4.90 Å². The van der Waals surface area contributed by atoms with E-state index in [0.717, 1.165) is 23.4 Å². The molecule has 0 radical (unpaired) electrons. The minimum absolute atomic E-state index is 0.0226. The quantitative estimate of drug-likeness (QED) is 0.845. The molecule has 0 spiro atoms. The van der Waals surface area contributed by atoms with Gasteiger partial charge in [-0.3, -0.25) is 9.69 Å². The first-order chi connectivity index (χ1) is 13.5. The summed E-state index contributed by atoms with van der Waals surface area (Å²) in [7, 11) is 0. The van der Waals surface area contributed by atoms with Crippen LogP contribution < -0.4 is 10.6 Å². The van der Waals surface area contributed by atoms with Crippen LogP contribution in [0.25, 0.3) is 0 Å². The summed E-state index contributed by atoms with van der Waals surface area (Å²) >= 11 is 0. The van der Waals surface area contributed by atoms with Crippen LogP contribution in [0.5, 0.6) is 0 Å². The molecule has 28 heavy (non-hydrogen) atoms. The van der Waals surface area contributed by atoms with Gasteiger partial charge in [0.05, 0.1) is 23.2 Å². The second-order valence-corrected chi connectivity index (χ2v) is 7.15. The van der Waals surface area contributed by atoms with Crippen LogP contribution in [-0.2, 0) is 4.79 Å². The Hall–Kier alpha value is -3.39. The van der Waals surface area contributed by atoms with Crippen molar-refractivity contribution in [2.24, 2.45) is 5.73 Å². The van der Waals surface area contributed by atoms with Crippen LogP contribution in [0, 0.1) is 24.1 Å². The van der Waals surface area contributed by atoms with Gasteiger partial charge in [0.1, 0.15) is 11.6 Å². The van der Waals surface area contributed by atoms with Crippen LogP contribution in [-0.4, -0.2) is 5.78 Å². The molecule has 0 aromatic heterocycles. The van der Waals surface area contributed by atoms with Gasteiger partial charge in [-0.05, 0) is 49.1 Å². The number of carbonyl (C=O) groups is 1. The number of halogens is 1. The molecule has 2 aromatic carbocycles. The Balaban J connectivity index is 1.98. The number of aryl methyl sites for hydroxylation is 1. The van der Waals surface area contributed by atoms with Crippen molar-refractivity contribution in [1.29, 1.82) is 5.26 Å². The molecule has 0 saturated heterocycles. The standard InChI is InChI=1S/C23H20FN3O/c1-14-5-2-3-6-18(14)27-19-7-4-8-20(28)22(19)21(17(13-25)23(27)26)15-9-11-16(24)12-10-15/h2-3,5-6,9-12,21H,4,7-8,26H2,1H3/t21-/m0/s1. The summed E-state index contributed by atoms with van der Waals surface area (Å²) in [4.78, 5) is 14.8. The SMILES string of the molecule is Cc1ccccc1N1C(N)=C(C#N)[C@H](c2ccc(F)cc2)C2=C1CCCC2=O. The first-order valence-corrected chi connectivity index (χ1v) is 9.30.